The molecule has 2 N–H and O–H groups in total. The molecule has 5 nitrogen and oxygen atoms in total. The fraction of sp³-hybridized carbons (Fsp3) is 0.381. The normalized spacial score (nSPS) is 14.9. The summed E-state index contributed by atoms with van der Waals surface area (Å²) in [5.41, 5.74) is 6.79. The second-order valence-electron chi connectivity index (χ2n) is 6.57. The molecular weight excluding hydrogens is 328 g/mol. The molecule has 26 heavy (non-hydrogen) atoms. The molecule has 138 valence electrons. The van der Waals surface area contributed by atoms with E-state index >= 15 is 0 Å². The van der Waals surface area contributed by atoms with Gasteiger partial charge in [-0.25, -0.2) is 0 Å². The largest absolute Gasteiger partial charge is 0.485 e. The topological polar surface area (TPSA) is 64.8 Å². The zero-order valence-corrected chi connectivity index (χ0v) is 15.0. The van der Waals surface area contributed by atoms with E-state index < -0.39 is 0 Å². The fourth-order valence-electron chi connectivity index (χ4n) is 3.07. The molecule has 1 amide bonds. The minimum Gasteiger partial charge on any atom is -0.485 e. The second-order valence-corrected chi connectivity index (χ2v) is 6.57. The van der Waals surface area contributed by atoms with Crippen LogP contribution >= 0.6 is 0 Å². The summed E-state index contributed by atoms with van der Waals surface area (Å²) in [6, 6.07) is 17.4. The van der Waals surface area contributed by atoms with Crippen molar-refractivity contribution in [2.75, 3.05) is 26.2 Å². The molecule has 1 heterocycles. The zero-order valence-electron chi connectivity index (χ0n) is 15.0. The Bertz CT molecular complexity index is 697. The molecule has 5 heteroatoms. The number of nitrogens with zero attached hydrogens (tertiary/aromatic N) is 1. The van der Waals surface area contributed by atoms with Crippen LogP contribution in [0, 0.1) is 5.92 Å². The molecule has 0 aromatic heterocycles. The summed E-state index contributed by atoms with van der Waals surface area (Å²) < 4.78 is 11.6. The highest BCUT2D eigenvalue weighted by Crippen LogP contribution is 2.27. The Morgan fingerprint density at radius 3 is 2.23 bits per heavy atom. The lowest BCUT2D eigenvalue weighted by Crippen LogP contribution is -2.42. The Balaban J connectivity index is 1.52. The van der Waals surface area contributed by atoms with Crippen molar-refractivity contribution in [3.05, 3.63) is 60.2 Å². The summed E-state index contributed by atoms with van der Waals surface area (Å²) in [6.07, 6.45) is 1.94. The smallest absolute Gasteiger partial charge is 0.260 e. The highest BCUT2D eigenvalue weighted by molar-refractivity contribution is 5.78. The van der Waals surface area contributed by atoms with Gasteiger partial charge in [0.15, 0.2) is 18.1 Å². The maximum absolute atomic E-state index is 12.4. The molecule has 2 aromatic rings. The molecule has 0 atom stereocenters. The molecule has 2 aromatic carbocycles. The lowest BCUT2D eigenvalue weighted by molar-refractivity contribution is -0.134. The Morgan fingerprint density at radius 2 is 1.58 bits per heavy atom. The van der Waals surface area contributed by atoms with Gasteiger partial charge in [-0.05, 0) is 43.0 Å². The average Bonchev–Trinajstić information content (AvgIpc) is 2.72. The van der Waals surface area contributed by atoms with Crippen LogP contribution in [-0.4, -0.2) is 37.0 Å². The van der Waals surface area contributed by atoms with Crippen LogP contribution in [0.5, 0.6) is 11.5 Å². The molecule has 1 aliphatic heterocycles. The lowest BCUT2D eigenvalue weighted by Gasteiger charge is -2.31. The van der Waals surface area contributed by atoms with Crippen LogP contribution < -0.4 is 15.2 Å². The van der Waals surface area contributed by atoms with E-state index in [1.807, 2.05) is 59.5 Å². The van der Waals surface area contributed by atoms with E-state index in [2.05, 4.69) is 0 Å². The van der Waals surface area contributed by atoms with Crippen molar-refractivity contribution in [2.24, 2.45) is 11.7 Å². The summed E-state index contributed by atoms with van der Waals surface area (Å²) in [5.74, 6) is 1.78. The van der Waals surface area contributed by atoms with Crippen LogP contribution in [0.1, 0.15) is 18.4 Å². The number of ether oxygens (including phenoxy) is 2. The summed E-state index contributed by atoms with van der Waals surface area (Å²) in [4.78, 5) is 14.2. The van der Waals surface area contributed by atoms with E-state index in [0.29, 0.717) is 30.6 Å². The van der Waals surface area contributed by atoms with Crippen molar-refractivity contribution < 1.29 is 14.3 Å². The average molecular weight is 354 g/mol. The number of hydrogen-bond donors (Lipinski definition) is 1. The maximum atomic E-state index is 12.4. The molecule has 1 fully saturated rings. The highest BCUT2D eigenvalue weighted by atomic mass is 16.5. The highest BCUT2D eigenvalue weighted by Gasteiger charge is 2.22. The van der Waals surface area contributed by atoms with Gasteiger partial charge in [0.05, 0.1) is 0 Å². The van der Waals surface area contributed by atoms with Gasteiger partial charge in [-0.2, -0.15) is 0 Å². The van der Waals surface area contributed by atoms with Crippen LogP contribution in [0.25, 0.3) is 0 Å². The van der Waals surface area contributed by atoms with E-state index in [9.17, 15) is 4.79 Å². The number of likely N-dealkylation sites (tertiary alicyclic amines) is 1. The molecule has 3 rings (SSSR count). The number of para-hydroxylation sites is 2. The van der Waals surface area contributed by atoms with Crippen LogP contribution in [0.15, 0.2) is 54.6 Å². The van der Waals surface area contributed by atoms with E-state index in [1.165, 1.54) is 0 Å². The van der Waals surface area contributed by atoms with Gasteiger partial charge >= 0.3 is 0 Å². The Labute approximate surface area is 154 Å². The van der Waals surface area contributed by atoms with E-state index in [0.717, 1.165) is 31.5 Å². The first-order valence-corrected chi connectivity index (χ1v) is 9.12. The number of piperidine rings is 1. The quantitative estimate of drug-likeness (QED) is 0.830. The molecule has 0 saturated carbocycles. The first-order valence-electron chi connectivity index (χ1n) is 9.12. The number of nitrogens with two attached hydrogens (primary N) is 1. The Kier molecular flexibility index (Phi) is 6.50. The number of hydrogen-bond acceptors (Lipinski definition) is 4. The van der Waals surface area contributed by atoms with Crippen molar-refractivity contribution in [1.82, 2.24) is 4.90 Å². The fourth-order valence-corrected chi connectivity index (χ4v) is 3.07. The van der Waals surface area contributed by atoms with Crippen LogP contribution in [0.3, 0.4) is 0 Å². The molecule has 0 aliphatic carbocycles. The Hall–Kier alpha value is -2.53. The summed E-state index contributed by atoms with van der Waals surface area (Å²) in [6.45, 7) is 2.71. The lowest BCUT2D eigenvalue weighted by atomic mass is 9.97. The number of carbonyl (C=O) groups is 1. The summed E-state index contributed by atoms with van der Waals surface area (Å²) in [7, 11) is 0. The van der Waals surface area contributed by atoms with Gasteiger partial charge in [0.2, 0.25) is 0 Å². The van der Waals surface area contributed by atoms with E-state index in [-0.39, 0.29) is 12.5 Å². The van der Waals surface area contributed by atoms with E-state index in [4.69, 9.17) is 15.2 Å². The SMILES string of the molecule is NCC1CCN(C(=O)COc2ccccc2OCc2ccccc2)CC1. The molecule has 0 spiro atoms. The maximum Gasteiger partial charge on any atom is 0.260 e. The third-order valence-corrected chi connectivity index (χ3v) is 4.74. The van der Waals surface area contributed by atoms with Crippen molar-refractivity contribution in [2.45, 2.75) is 19.4 Å². The summed E-state index contributed by atoms with van der Waals surface area (Å²) >= 11 is 0. The van der Waals surface area contributed by atoms with Crippen LogP contribution in [-0.2, 0) is 11.4 Å². The van der Waals surface area contributed by atoms with Crippen LogP contribution in [0.4, 0.5) is 0 Å². The number of carbonyl (C=O) groups excluding carboxylic acids is 1. The first kappa shape index (κ1) is 18.3. The van der Waals surface area contributed by atoms with Gasteiger partial charge in [0, 0.05) is 13.1 Å². The molecule has 0 bridgehead atoms. The minimum atomic E-state index is 0.0123. The van der Waals surface area contributed by atoms with Crippen molar-refractivity contribution in [3.63, 3.8) is 0 Å². The van der Waals surface area contributed by atoms with Crippen molar-refractivity contribution in [3.8, 4) is 11.5 Å². The van der Waals surface area contributed by atoms with Gasteiger partial charge in [-0.1, -0.05) is 42.5 Å². The Morgan fingerprint density at radius 1 is 0.962 bits per heavy atom. The van der Waals surface area contributed by atoms with E-state index in [1.54, 1.807) is 0 Å². The first-order chi connectivity index (χ1) is 12.8. The van der Waals surface area contributed by atoms with Gasteiger partial charge < -0.3 is 20.1 Å². The number of rotatable bonds is 7. The second kappa shape index (κ2) is 9.25. The standard InChI is InChI=1S/C21H26N2O3/c22-14-17-10-12-23(13-11-17)21(24)16-26-20-9-5-4-8-19(20)25-15-18-6-2-1-3-7-18/h1-9,17H,10-16,22H2. The van der Waals surface area contributed by atoms with Crippen molar-refractivity contribution >= 4 is 5.91 Å². The molecule has 0 unspecified atom stereocenters. The minimum absolute atomic E-state index is 0.0123. The van der Waals surface area contributed by atoms with Crippen LogP contribution in [0.2, 0.25) is 0 Å². The van der Waals surface area contributed by atoms with Crippen molar-refractivity contribution in [1.29, 1.82) is 0 Å². The molecule has 1 aliphatic rings. The van der Waals surface area contributed by atoms with Gasteiger partial charge in [0.1, 0.15) is 6.61 Å². The summed E-state index contributed by atoms with van der Waals surface area (Å²) in [5, 5.41) is 0. The monoisotopic (exact) mass is 354 g/mol. The van der Waals surface area contributed by atoms with Gasteiger partial charge in [-0.3, -0.25) is 4.79 Å². The molecule has 0 radical (unpaired) electrons. The molecule has 1 saturated heterocycles. The molecular formula is C21H26N2O3. The third kappa shape index (κ3) is 4.99. The number of amides is 1. The van der Waals surface area contributed by atoms with Gasteiger partial charge in [0.25, 0.3) is 5.91 Å². The third-order valence-electron chi connectivity index (χ3n) is 4.74. The number of benzene rings is 2. The predicted molar refractivity (Wildman–Crippen MR) is 101 cm³/mol. The zero-order chi connectivity index (χ0) is 18.2. The predicted octanol–water partition coefficient (Wildman–Crippen LogP) is 2.84. The van der Waals surface area contributed by atoms with Gasteiger partial charge in [-0.15, -0.1) is 0 Å².